The number of carbonyl (C=O) groups is 2. The lowest BCUT2D eigenvalue weighted by Crippen LogP contribution is -2.13. The van der Waals surface area contributed by atoms with Gasteiger partial charge in [0.15, 0.2) is 0 Å². The van der Waals surface area contributed by atoms with Crippen LogP contribution in [0.1, 0.15) is 19.8 Å². The number of thioether (sulfide) groups is 1. The summed E-state index contributed by atoms with van der Waals surface area (Å²) >= 11 is 1.84. The summed E-state index contributed by atoms with van der Waals surface area (Å²) in [5, 5.41) is -0.715. The highest BCUT2D eigenvalue weighted by atomic mass is 32.2. The third kappa shape index (κ3) is 7.98. The molecule has 76 valence electrons. The van der Waals surface area contributed by atoms with E-state index in [-0.39, 0.29) is 5.24 Å². The summed E-state index contributed by atoms with van der Waals surface area (Å²) in [5.41, 5.74) is 0. The van der Waals surface area contributed by atoms with Crippen molar-refractivity contribution in [2.75, 3.05) is 12.9 Å². The molecular formula is C7H13NO3S2. The molecule has 0 radical (unpaired) electrons. The van der Waals surface area contributed by atoms with Crippen LogP contribution in [-0.2, 0) is 4.74 Å². The molecule has 1 N–H and O–H groups in total. The van der Waals surface area contributed by atoms with Crippen LogP contribution in [0.15, 0.2) is 0 Å². The van der Waals surface area contributed by atoms with Gasteiger partial charge in [-0.1, -0.05) is 25.1 Å². The van der Waals surface area contributed by atoms with Crippen molar-refractivity contribution in [3.8, 4) is 0 Å². The number of rotatable bonds is 3. The normalized spacial score (nSPS) is 9.38. The van der Waals surface area contributed by atoms with Gasteiger partial charge in [-0.05, 0) is 6.42 Å². The Hall–Kier alpha value is -0.360. The van der Waals surface area contributed by atoms with Gasteiger partial charge in [0.05, 0.1) is 19.1 Å². The van der Waals surface area contributed by atoms with E-state index in [1.807, 2.05) is 0 Å². The average Bonchev–Trinajstić information content (AvgIpc) is 2.14. The van der Waals surface area contributed by atoms with Crippen LogP contribution in [0.5, 0.6) is 0 Å². The number of nitrogens with one attached hydrogen (secondary N) is 1. The number of ether oxygens (including phenoxy) is 1. The molecule has 0 heterocycles. The first-order chi connectivity index (χ1) is 6.20. The molecule has 0 aromatic heterocycles. The standard InChI is InChI=1S/C7H13NO3S2/c1-3-4-5-12-6(9)8-13-7(10)11-2/h3-5H2,1-2H3,(H,8,9). The van der Waals surface area contributed by atoms with E-state index in [1.54, 1.807) is 0 Å². The van der Waals surface area contributed by atoms with Crippen LogP contribution in [-0.4, -0.2) is 23.4 Å². The van der Waals surface area contributed by atoms with Gasteiger partial charge < -0.3 is 4.74 Å². The number of amides is 1. The minimum Gasteiger partial charge on any atom is -0.460 e. The smallest absolute Gasteiger partial charge is 0.387 e. The Balaban J connectivity index is 3.35. The van der Waals surface area contributed by atoms with E-state index in [9.17, 15) is 9.59 Å². The van der Waals surface area contributed by atoms with Crippen LogP contribution >= 0.6 is 23.7 Å². The molecule has 0 unspecified atom stereocenters. The molecule has 0 saturated carbocycles. The highest BCUT2D eigenvalue weighted by Gasteiger charge is 2.05. The predicted molar refractivity (Wildman–Crippen MR) is 55.9 cm³/mol. The van der Waals surface area contributed by atoms with Gasteiger partial charge in [-0.15, -0.1) is 0 Å². The average molecular weight is 223 g/mol. The van der Waals surface area contributed by atoms with Crippen molar-refractivity contribution in [3.05, 3.63) is 0 Å². The molecule has 0 saturated heterocycles. The summed E-state index contributed by atoms with van der Waals surface area (Å²) in [4.78, 5) is 21.5. The Morgan fingerprint density at radius 3 is 2.69 bits per heavy atom. The zero-order valence-corrected chi connectivity index (χ0v) is 9.30. The highest BCUT2D eigenvalue weighted by Crippen LogP contribution is 2.08. The second-order valence-electron chi connectivity index (χ2n) is 2.15. The molecule has 0 spiro atoms. The van der Waals surface area contributed by atoms with Crippen molar-refractivity contribution in [1.29, 1.82) is 0 Å². The van der Waals surface area contributed by atoms with Gasteiger partial charge in [0.2, 0.25) is 0 Å². The third-order valence-corrected chi connectivity index (χ3v) is 2.72. The molecule has 0 fully saturated rings. The van der Waals surface area contributed by atoms with Gasteiger partial charge in [-0.25, -0.2) is 4.79 Å². The maximum atomic E-state index is 11.0. The maximum Gasteiger partial charge on any atom is 0.387 e. The number of hydrogen-bond acceptors (Lipinski definition) is 5. The topological polar surface area (TPSA) is 55.4 Å². The summed E-state index contributed by atoms with van der Waals surface area (Å²) in [5.74, 6) is 0.782. The molecule has 0 aromatic rings. The molecule has 1 amide bonds. The van der Waals surface area contributed by atoms with E-state index >= 15 is 0 Å². The Morgan fingerprint density at radius 2 is 2.15 bits per heavy atom. The molecule has 0 rings (SSSR count). The lowest BCUT2D eigenvalue weighted by molar-refractivity contribution is 0.200. The SMILES string of the molecule is CCCCSC(=O)NSC(=O)OC. The highest BCUT2D eigenvalue weighted by molar-refractivity contribution is 8.17. The molecule has 4 nitrogen and oxygen atoms in total. The van der Waals surface area contributed by atoms with E-state index in [1.165, 1.54) is 18.9 Å². The largest absolute Gasteiger partial charge is 0.460 e. The molecule has 0 aliphatic carbocycles. The first-order valence-electron chi connectivity index (χ1n) is 3.88. The quantitative estimate of drug-likeness (QED) is 0.453. The summed E-state index contributed by atoms with van der Waals surface area (Å²) in [6.45, 7) is 2.06. The van der Waals surface area contributed by atoms with E-state index in [0.717, 1.165) is 18.6 Å². The van der Waals surface area contributed by atoms with Crippen molar-refractivity contribution in [1.82, 2.24) is 4.72 Å². The van der Waals surface area contributed by atoms with Gasteiger partial charge in [-0.3, -0.25) is 9.52 Å². The van der Waals surface area contributed by atoms with E-state index in [0.29, 0.717) is 11.9 Å². The zero-order valence-electron chi connectivity index (χ0n) is 7.66. The van der Waals surface area contributed by atoms with Gasteiger partial charge >= 0.3 is 5.30 Å². The minimum atomic E-state index is -0.510. The molecule has 0 aromatic carbocycles. The first kappa shape index (κ1) is 12.6. The zero-order chi connectivity index (χ0) is 10.1. The number of methoxy groups -OCH3 is 1. The van der Waals surface area contributed by atoms with Crippen LogP contribution < -0.4 is 4.72 Å². The third-order valence-electron chi connectivity index (χ3n) is 1.12. The fourth-order valence-corrected chi connectivity index (χ4v) is 1.69. The maximum absolute atomic E-state index is 11.0. The van der Waals surface area contributed by atoms with Crippen molar-refractivity contribution >= 4 is 34.3 Å². The van der Waals surface area contributed by atoms with Crippen LogP contribution in [0.4, 0.5) is 9.59 Å². The van der Waals surface area contributed by atoms with Crippen molar-refractivity contribution in [3.63, 3.8) is 0 Å². The van der Waals surface area contributed by atoms with E-state index < -0.39 is 5.30 Å². The lowest BCUT2D eigenvalue weighted by Gasteiger charge is -2.00. The van der Waals surface area contributed by atoms with Gasteiger partial charge in [0, 0.05) is 5.75 Å². The fraction of sp³-hybridized carbons (Fsp3) is 0.714. The summed E-state index contributed by atoms with van der Waals surface area (Å²) in [7, 11) is 1.27. The van der Waals surface area contributed by atoms with Crippen LogP contribution in [0.2, 0.25) is 0 Å². The minimum absolute atomic E-state index is 0.205. The molecule has 13 heavy (non-hydrogen) atoms. The van der Waals surface area contributed by atoms with E-state index in [4.69, 9.17) is 0 Å². The predicted octanol–water partition coefficient (Wildman–Crippen LogP) is 2.64. The number of carbonyl (C=O) groups excluding carboxylic acids is 2. The molecule has 0 aliphatic rings. The Bertz CT molecular complexity index is 175. The number of unbranched alkanes of at least 4 members (excludes halogenated alkanes) is 1. The van der Waals surface area contributed by atoms with E-state index in [2.05, 4.69) is 16.4 Å². The summed E-state index contributed by atoms with van der Waals surface area (Å²) in [6.07, 6.45) is 2.06. The van der Waals surface area contributed by atoms with Gasteiger partial charge in [0.1, 0.15) is 0 Å². The summed E-state index contributed by atoms with van der Waals surface area (Å²) in [6, 6.07) is 0. The van der Waals surface area contributed by atoms with Crippen molar-refractivity contribution < 1.29 is 14.3 Å². The first-order valence-corrected chi connectivity index (χ1v) is 5.68. The number of hydrogen-bond donors (Lipinski definition) is 1. The molecular weight excluding hydrogens is 210 g/mol. The molecule has 6 heteroatoms. The van der Waals surface area contributed by atoms with Crippen LogP contribution in [0, 0.1) is 0 Å². The van der Waals surface area contributed by atoms with Gasteiger partial charge in [-0.2, -0.15) is 0 Å². The van der Waals surface area contributed by atoms with Crippen molar-refractivity contribution in [2.45, 2.75) is 19.8 Å². The summed E-state index contributed by atoms with van der Waals surface area (Å²) < 4.78 is 6.68. The van der Waals surface area contributed by atoms with Crippen LogP contribution in [0.25, 0.3) is 0 Å². The lowest BCUT2D eigenvalue weighted by atomic mass is 10.4. The second kappa shape index (κ2) is 8.25. The Kier molecular flexibility index (Phi) is 8.02. The molecule has 0 bridgehead atoms. The second-order valence-corrected chi connectivity index (χ2v) is 3.96. The Labute approximate surface area is 86.3 Å². The fourth-order valence-electron chi connectivity index (χ4n) is 0.464. The van der Waals surface area contributed by atoms with Crippen LogP contribution in [0.3, 0.4) is 0 Å². The molecule has 0 atom stereocenters. The monoisotopic (exact) mass is 223 g/mol. The molecule has 0 aliphatic heterocycles. The van der Waals surface area contributed by atoms with Gasteiger partial charge in [0.25, 0.3) is 5.24 Å². The Morgan fingerprint density at radius 1 is 1.46 bits per heavy atom. The van der Waals surface area contributed by atoms with Crippen molar-refractivity contribution in [2.24, 2.45) is 0 Å².